The van der Waals surface area contributed by atoms with Gasteiger partial charge in [-0.05, 0) is 42.3 Å². The number of nitrogens with one attached hydrogen (secondary N) is 2. The third-order valence-corrected chi connectivity index (χ3v) is 6.52. The molecule has 1 aromatic heterocycles. The van der Waals surface area contributed by atoms with E-state index in [4.69, 9.17) is 23.2 Å². The molecule has 0 radical (unpaired) electrons. The Kier molecular flexibility index (Phi) is 7.84. The Morgan fingerprint density at radius 1 is 1.00 bits per heavy atom. The number of hydrogen-bond donors (Lipinski definition) is 2. The van der Waals surface area contributed by atoms with Crippen LogP contribution in [0.15, 0.2) is 61.1 Å². The molecule has 162 valence electrons. The molecule has 3 aromatic rings. The monoisotopic (exact) mass is 478 g/mol. The summed E-state index contributed by atoms with van der Waals surface area (Å²) in [4.78, 5) is 20.4. The van der Waals surface area contributed by atoms with E-state index in [0.29, 0.717) is 39.8 Å². The molecule has 0 atom stereocenters. The predicted octanol–water partition coefficient (Wildman–Crippen LogP) is 3.74. The maximum absolute atomic E-state index is 12.4. The summed E-state index contributed by atoms with van der Waals surface area (Å²) in [5.74, 6) is -0.411. The lowest BCUT2D eigenvalue weighted by atomic mass is 10.2. The minimum atomic E-state index is -3.61. The summed E-state index contributed by atoms with van der Waals surface area (Å²) in [5, 5.41) is 3.53. The largest absolute Gasteiger partial charge is 0.352 e. The number of anilines is 1. The molecular formula is C21H20Cl2N4O3S. The van der Waals surface area contributed by atoms with Crippen molar-refractivity contribution in [3.8, 4) is 0 Å². The van der Waals surface area contributed by atoms with Crippen LogP contribution in [-0.4, -0.2) is 36.6 Å². The second kappa shape index (κ2) is 10.6. The average molecular weight is 479 g/mol. The summed E-state index contributed by atoms with van der Waals surface area (Å²) in [6, 6.07) is 11.3. The van der Waals surface area contributed by atoms with Crippen molar-refractivity contribution in [3.05, 3.63) is 87.9 Å². The quantitative estimate of drug-likeness (QED) is 0.487. The molecule has 0 unspecified atom stereocenters. The number of aryl methyl sites for hydroxylation is 1. The fourth-order valence-electron chi connectivity index (χ4n) is 2.77. The fourth-order valence-corrected chi connectivity index (χ4v) is 4.27. The number of halogens is 2. The molecule has 0 saturated heterocycles. The van der Waals surface area contributed by atoms with Gasteiger partial charge >= 0.3 is 0 Å². The summed E-state index contributed by atoms with van der Waals surface area (Å²) >= 11 is 12.1. The predicted molar refractivity (Wildman–Crippen MR) is 122 cm³/mol. The van der Waals surface area contributed by atoms with Crippen molar-refractivity contribution < 1.29 is 13.2 Å². The Labute approximate surface area is 190 Å². The maximum atomic E-state index is 12.4. The average Bonchev–Trinajstić information content (AvgIpc) is 2.76. The molecule has 0 saturated carbocycles. The normalized spacial score (nSPS) is 11.2. The minimum Gasteiger partial charge on any atom is -0.352 e. The van der Waals surface area contributed by atoms with E-state index in [1.165, 1.54) is 0 Å². The van der Waals surface area contributed by atoms with Gasteiger partial charge in [0.05, 0.1) is 21.5 Å². The number of carbonyl (C=O) groups is 1. The van der Waals surface area contributed by atoms with Crippen molar-refractivity contribution in [1.82, 2.24) is 15.3 Å². The van der Waals surface area contributed by atoms with Crippen LogP contribution in [0, 0.1) is 0 Å². The number of hydrogen-bond acceptors (Lipinski definition) is 5. The summed E-state index contributed by atoms with van der Waals surface area (Å²) in [6.07, 6.45) is 5.62. The Morgan fingerprint density at radius 3 is 2.48 bits per heavy atom. The molecule has 2 N–H and O–H groups in total. The molecule has 0 fully saturated rings. The van der Waals surface area contributed by atoms with E-state index in [0.717, 1.165) is 5.69 Å². The zero-order valence-corrected chi connectivity index (χ0v) is 18.7. The van der Waals surface area contributed by atoms with Crippen LogP contribution in [0.5, 0.6) is 0 Å². The van der Waals surface area contributed by atoms with Crippen LogP contribution in [0.25, 0.3) is 0 Å². The van der Waals surface area contributed by atoms with Crippen LogP contribution in [-0.2, 0) is 22.9 Å². The zero-order chi connectivity index (χ0) is 22.3. The number of carbonyl (C=O) groups excluding carboxylic acids is 1. The molecule has 0 aliphatic carbocycles. The standard InChI is InChI=1S/C21H20Cl2N4O3S/c22-19-3-1-2-15(20(19)23)9-13-31(29,30)27-17-6-4-16(5-7-17)21(28)26-10-8-18-14-24-11-12-25-18/h1-7,11-12,14,27H,8-10,13H2,(H,26,28). The van der Waals surface area contributed by atoms with E-state index in [-0.39, 0.29) is 18.1 Å². The van der Waals surface area contributed by atoms with Crippen LogP contribution in [0.3, 0.4) is 0 Å². The first-order valence-electron chi connectivity index (χ1n) is 9.40. The van der Waals surface area contributed by atoms with E-state index in [1.807, 2.05) is 0 Å². The highest BCUT2D eigenvalue weighted by atomic mass is 35.5. The van der Waals surface area contributed by atoms with Crippen molar-refractivity contribution in [2.75, 3.05) is 17.0 Å². The highest BCUT2D eigenvalue weighted by Crippen LogP contribution is 2.26. The number of rotatable bonds is 9. The van der Waals surface area contributed by atoms with Gasteiger partial charge in [-0.25, -0.2) is 8.42 Å². The Bertz CT molecular complexity index is 1140. The second-order valence-electron chi connectivity index (χ2n) is 6.66. The van der Waals surface area contributed by atoms with Gasteiger partial charge in [-0.3, -0.25) is 19.5 Å². The van der Waals surface area contributed by atoms with E-state index < -0.39 is 10.0 Å². The van der Waals surface area contributed by atoms with Gasteiger partial charge in [-0.1, -0.05) is 35.3 Å². The van der Waals surface area contributed by atoms with Gasteiger partial charge in [0.2, 0.25) is 10.0 Å². The molecule has 0 spiro atoms. The lowest BCUT2D eigenvalue weighted by Gasteiger charge is -2.10. The molecule has 2 aromatic carbocycles. The number of aromatic nitrogens is 2. The van der Waals surface area contributed by atoms with Crippen molar-refractivity contribution in [1.29, 1.82) is 0 Å². The third kappa shape index (κ3) is 6.92. The molecule has 31 heavy (non-hydrogen) atoms. The smallest absolute Gasteiger partial charge is 0.251 e. The van der Waals surface area contributed by atoms with Crippen LogP contribution in [0.2, 0.25) is 10.0 Å². The van der Waals surface area contributed by atoms with Gasteiger partial charge in [0, 0.05) is 42.8 Å². The first-order chi connectivity index (χ1) is 14.8. The van der Waals surface area contributed by atoms with Gasteiger partial charge in [0.15, 0.2) is 0 Å². The Hall–Kier alpha value is -2.68. The third-order valence-electron chi connectivity index (χ3n) is 4.38. The molecule has 3 rings (SSSR count). The summed E-state index contributed by atoms with van der Waals surface area (Å²) in [5.41, 5.74) is 2.24. The summed E-state index contributed by atoms with van der Waals surface area (Å²) in [7, 11) is -3.61. The molecule has 0 aliphatic heterocycles. The lowest BCUT2D eigenvalue weighted by Crippen LogP contribution is -2.26. The molecule has 1 heterocycles. The number of sulfonamides is 1. The van der Waals surface area contributed by atoms with Gasteiger partial charge < -0.3 is 5.32 Å². The van der Waals surface area contributed by atoms with Gasteiger partial charge in [0.1, 0.15) is 0 Å². The van der Waals surface area contributed by atoms with Crippen molar-refractivity contribution in [2.45, 2.75) is 12.8 Å². The van der Waals surface area contributed by atoms with Crippen molar-refractivity contribution in [3.63, 3.8) is 0 Å². The summed E-state index contributed by atoms with van der Waals surface area (Å²) < 4.78 is 27.3. The number of benzene rings is 2. The van der Waals surface area contributed by atoms with E-state index in [2.05, 4.69) is 20.0 Å². The number of nitrogens with zero attached hydrogens (tertiary/aromatic N) is 2. The maximum Gasteiger partial charge on any atom is 0.251 e. The second-order valence-corrected chi connectivity index (χ2v) is 9.29. The number of amides is 1. The first kappa shape index (κ1) is 23.0. The summed E-state index contributed by atoms with van der Waals surface area (Å²) in [6.45, 7) is 0.415. The highest BCUT2D eigenvalue weighted by Gasteiger charge is 2.14. The van der Waals surface area contributed by atoms with Gasteiger partial charge in [0.25, 0.3) is 5.91 Å². The van der Waals surface area contributed by atoms with Crippen LogP contribution >= 0.6 is 23.2 Å². The van der Waals surface area contributed by atoms with E-state index >= 15 is 0 Å². The SMILES string of the molecule is O=C(NCCc1cnccn1)c1ccc(NS(=O)(=O)CCc2cccc(Cl)c2Cl)cc1. The van der Waals surface area contributed by atoms with Crippen LogP contribution < -0.4 is 10.0 Å². The highest BCUT2D eigenvalue weighted by molar-refractivity contribution is 7.92. The Balaban J connectivity index is 1.51. The molecule has 1 amide bonds. The Morgan fingerprint density at radius 2 is 1.77 bits per heavy atom. The molecule has 0 aliphatic rings. The molecule has 7 nitrogen and oxygen atoms in total. The van der Waals surface area contributed by atoms with Crippen molar-refractivity contribution in [2.24, 2.45) is 0 Å². The topological polar surface area (TPSA) is 101 Å². The van der Waals surface area contributed by atoms with Gasteiger partial charge in [-0.15, -0.1) is 0 Å². The zero-order valence-electron chi connectivity index (χ0n) is 16.4. The van der Waals surface area contributed by atoms with E-state index in [9.17, 15) is 13.2 Å². The van der Waals surface area contributed by atoms with E-state index in [1.54, 1.807) is 61.1 Å². The molecule has 10 heteroatoms. The van der Waals surface area contributed by atoms with Gasteiger partial charge in [-0.2, -0.15) is 0 Å². The van der Waals surface area contributed by atoms with Crippen molar-refractivity contribution >= 4 is 44.8 Å². The first-order valence-corrected chi connectivity index (χ1v) is 11.8. The van der Waals surface area contributed by atoms with Crippen LogP contribution in [0.4, 0.5) is 5.69 Å². The fraction of sp³-hybridized carbons (Fsp3) is 0.190. The lowest BCUT2D eigenvalue weighted by molar-refractivity contribution is 0.0954. The molecule has 0 bridgehead atoms. The molecular weight excluding hydrogens is 459 g/mol. The minimum absolute atomic E-state index is 0.155. The van der Waals surface area contributed by atoms with Crippen LogP contribution in [0.1, 0.15) is 21.6 Å².